The van der Waals surface area contributed by atoms with Gasteiger partial charge in [0.2, 0.25) is 5.91 Å². The summed E-state index contributed by atoms with van der Waals surface area (Å²) >= 11 is 0. The first-order valence-electron chi connectivity index (χ1n) is 9.24. The van der Waals surface area contributed by atoms with E-state index in [-0.39, 0.29) is 23.9 Å². The molecule has 3 rings (SSSR count). The van der Waals surface area contributed by atoms with Gasteiger partial charge in [-0.2, -0.15) is 0 Å². The fraction of sp³-hybridized carbons (Fsp3) is 0.579. The highest BCUT2D eigenvalue weighted by Gasteiger charge is 2.32. The number of nitrogens with two attached hydrogens (primary N) is 1. The van der Waals surface area contributed by atoms with Crippen molar-refractivity contribution in [3.05, 3.63) is 29.8 Å². The number of anilines is 1. The van der Waals surface area contributed by atoms with E-state index < -0.39 is 0 Å². The molecule has 6 heteroatoms. The summed E-state index contributed by atoms with van der Waals surface area (Å²) in [4.78, 5) is 24.2. The molecule has 2 fully saturated rings. The van der Waals surface area contributed by atoms with Crippen molar-refractivity contribution in [1.82, 2.24) is 10.6 Å². The molecule has 0 heterocycles. The maximum atomic E-state index is 12.5. The SMILES string of the molecule is CC(NC(=O)[C@@H]1CCC[C@@H]1CN)c1ccc(NC(=O)NC2CC2)cc1. The molecular formula is C19H28N4O2. The van der Waals surface area contributed by atoms with Crippen molar-refractivity contribution < 1.29 is 9.59 Å². The topological polar surface area (TPSA) is 96.2 Å². The summed E-state index contributed by atoms with van der Waals surface area (Å²) in [5.41, 5.74) is 7.54. The third-order valence-electron chi connectivity index (χ3n) is 5.24. The lowest BCUT2D eigenvalue weighted by molar-refractivity contribution is -0.126. The largest absolute Gasteiger partial charge is 0.349 e. The van der Waals surface area contributed by atoms with Crippen molar-refractivity contribution in [2.45, 2.75) is 51.1 Å². The van der Waals surface area contributed by atoms with Gasteiger partial charge in [0, 0.05) is 17.6 Å². The van der Waals surface area contributed by atoms with Crippen LogP contribution < -0.4 is 21.7 Å². The third-order valence-corrected chi connectivity index (χ3v) is 5.24. The van der Waals surface area contributed by atoms with Gasteiger partial charge in [-0.1, -0.05) is 18.6 Å². The van der Waals surface area contributed by atoms with E-state index in [0.29, 0.717) is 18.5 Å². The Hall–Kier alpha value is -2.08. The Labute approximate surface area is 148 Å². The first-order chi connectivity index (χ1) is 12.1. The van der Waals surface area contributed by atoms with Gasteiger partial charge in [0.05, 0.1) is 6.04 Å². The van der Waals surface area contributed by atoms with Gasteiger partial charge in [0.25, 0.3) is 0 Å². The lowest BCUT2D eigenvalue weighted by Gasteiger charge is -2.21. The van der Waals surface area contributed by atoms with Crippen LogP contribution in [0.4, 0.5) is 10.5 Å². The molecule has 136 valence electrons. The first-order valence-corrected chi connectivity index (χ1v) is 9.24. The maximum Gasteiger partial charge on any atom is 0.319 e. The predicted octanol–water partition coefficient (Wildman–Crippen LogP) is 2.52. The predicted molar refractivity (Wildman–Crippen MR) is 98.1 cm³/mol. The molecule has 5 N–H and O–H groups in total. The number of hydrogen-bond donors (Lipinski definition) is 4. The molecule has 2 saturated carbocycles. The van der Waals surface area contributed by atoms with E-state index in [1.807, 2.05) is 31.2 Å². The summed E-state index contributed by atoms with van der Waals surface area (Å²) in [6, 6.07) is 7.71. The maximum absolute atomic E-state index is 12.5. The summed E-state index contributed by atoms with van der Waals surface area (Å²) < 4.78 is 0. The van der Waals surface area contributed by atoms with Crippen LogP contribution in [0.25, 0.3) is 0 Å². The zero-order valence-corrected chi connectivity index (χ0v) is 14.8. The van der Waals surface area contributed by atoms with E-state index in [0.717, 1.165) is 43.4 Å². The van der Waals surface area contributed by atoms with Crippen molar-refractivity contribution in [3.63, 3.8) is 0 Å². The second-order valence-electron chi connectivity index (χ2n) is 7.26. The van der Waals surface area contributed by atoms with E-state index in [1.165, 1.54) is 0 Å². The highest BCUT2D eigenvalue weighted by molar-refractivity contribution is 5.89. The van der Waals surface area contributed by atoms with Gasteiger partial charge in [-0.3, -0.25) is 4.79 Å². The first kappa shape index (κ1) is 17.7. The fourth-order valence-corrected chi connectivity index (χ4v) is 3.50. The molecule has 1 aromatic rings. The second-order valence-corrected chi connectivity index (χ2v) is 7.26. The number of carbonyl (C=O) groups is 2. The van der Waals surface area contributed by atoms with Crippen LogP contribution in [0.5, 0.6) is 0 Å². The molecule has 25 heavy (non-hydrogen) atoms. The van der Waals surface area contributed by atoms with Crippen LogP contribution in [-0.2, 0) is 4.79 Å². The minimum atomic E-state index is -0.161. The Morgan fingerprint density at radius 2 is 1.88 bits per heavy atom. The fourth-order valence-electron chi connectivity index (χ4n) is 3.50. The number of rotatable bonds is 6. The zero-order valence-electron chi connectivity index (χ0n) is 14.8. The Balaban J connectivity index is 1.52. The zero-order chi connectivity index (χ0) is 17.8. The lowest BCUT2D eigenvalue weighted by atomic mass is 9.94. The Morgan fingerprint density at radius 3 is 2.52 bits per heavy atom. The molecule has 2 aliphatic rings. The molecule has 3 atom stereocenters. The van der Waals surface area contributed by atoms with Gasteiger partial charge in [-0.15, -0.1) is 0 Å². The van der Waals surface area contributed by atoms with E-state index >= 15 is 0 Å². The second kappa shape index (κ2) is 7.87. The molecule has 0 spiro atoms. The molecule has 0 saturated heterocycles. The van der Waals surface area contributed by atoms with Crippen molar-refractivity contribution in [3.8, 4) is 0 Å². The van der Waals surface area contributed by atoms with Crippen molar-refractivity contribution in [2.75, 3.05) is 11.9 Å². The van der Waals surface area contributed by atoms with Crippen LogP contribution in [0.2, 0.25) is 0 Å². The molecule has 1 unspecified atom stereocenters. The summed E-state index contributed by atoms with van der Waals surface area (Å²) in [6.07, 6.45) is 5.19. The number of urea groups is 1. The summed E-state index contributed by atoms with van der Waals surface area (Å²) in [6.45, 7) is 2.56. The molecule has 0 aliphatic heterocycles. The summed E-state index contributed by atoms with van der Waals surface area (Å²) in [5.74, 6) is 0.453. The molecule has 0 bridgehead atoms. The van der Waals surface area contributed by atoms with Gasteiger partial charge in [-0.25, -0.2) is 4.79 Å². The number of carbonyl (C=O) groups excluding carboxylic acids is 2. The van der Waals surface area contributed by atoms with Crippen LogP contribution in [0.1, 0.15) is 50.6 Å². The average Bonchev–Trinajstić information content (AvgIpc) is 3.27. The summed E-state index contributed by atoms with van der Waals surface area (Å²) in [7, 11) is 0. The molecule has 2 aliphatic carbocycles. The highest BCUT2D eigenvalue weighted by atomic mass is 16.2. The number of hydrogen-bond acceptors (Lipinski definition) is 3. The van der Waals surface area contributed by atoms with Crippen LogP contribution in [0.15, 0.2) is 24.3 Å². The lowest BCUT2D eigenvalue weighted by Crippen LogP contribution is -2.36. The van der Waals surface area contributed by atoms with Gasteiger partial charge in [-0.05, 0) is 62.8 Å². The summed E-state index contributed by atoms with van der Waals surface area (Å²) in [5, 5.41) is 8.82. The molecule has 3 amide bonds. The smallest absolute Gasteiger partial charge is 0.319 e. The van der Waals surface area contributed by atoms with Crippen LogP contribution in [0.3, 0.4) is 0 Å². The number of nitrogens with one attached hydrogen (secondary N) is 3. The molecule has 0 aromatic heterocycles. The third kappa shape index (κ3) is 4.72. The van der Waals surface area contributed by atoms with Crippen molar-refractivity contribution >= 4 is 17.6 Å². The normalized spacial score (nSPS) is 23.8. The van der Waals surface area contributed by atoms with Crippen molar-refractivity contribution in [2.24, 2.45) is 17.6 Å². The van der Waals surface area contributed by atoms with Crippen LogP contribution >= 0.6 is 0 Å². The standard InChI is InChI=1S/C19H28N4O2/c1-12(21-18(24)17-4-2-3-14(17)11-20)13-5-7-15(8-6-13)22-19(25)23-16-9-10-16/h5-8,12,14,16-17H,2-4,9-11,20H2,1H3,(H,21,24)(H2,22,23,25)/t12?,14-,17-/m1/s1. The molecular weight excluding hydrogens is 316 g/mol. The minimum Gasteiger partial charge on any atom is -0.349 e. The van der Waals surface area contributed by atoms with Crippen molar-refractivity contribution in [1.29, 1.82) is 0 Å². The van der Waals surface area contributed by atoms with E-state index in [1.54, 1.807) is 0 Å². The average molecular weight is 344 g/mol. The van der Waals surface area contributed by atoms with Crippen LogP contribution in [-0.4, -0.2) is 24.5 Å². The van der Waals surface area contributed by atoms with E-state index in [2.05, 4.69) is 16.0 Å². The number of amides is 3. The van der Waals surface area contributed by atoms with E-state index in [9.17, 15) is 9.59 Å². The van der Waals surface area contributed by atoms with Gasteiger partial charge in [0.1, 0.15) is 0 Å². The molecule has 0 radical (unpaired) electrons. The Kier molecular flexibility index (Phi) is 5.58. The van der Waals surface area contributed by atoms with Gasteiger partial charge < -0.3 is 21.7 Å². The van der Waals surface area contributed by atoms with Gasteiger partial charge >= 0.3 is 6.03 Å². The number of benzene rings is 1. The monoisotopic (exact) mass is 344 g/mol. The van der Waals surface area contributed by atoms with Crippen LogP contribution in [0, 0.1) is 11.8 Å². The Morgan fingerprint density at radius 1 is 1.16 bits per heavy atom. The van der Waals surface area contributed by atoms with E-state index in [4.69, 9.17) is 5.73 Å². The quantitative estimate of drug-likeness (QED) is 0.638. The Bertz CT molecular complexity index is 612. The highest BCUT2D eigenvalue weighted by Crippen LogP contribution is 2.31. The molecule has 6 nitrogen and oxygen atoms in total. The van der Waals surface area contributed by atoms with Gasteiger partial charge in [0.15, 0.2) is 0 Å². The minimum absolute atomic E-state index is 0.0412. The molecule has 1 aromatic carbocycles.